The number of aliphatic hydroxyl groups excluding tert-OH is 1. The number of phosphoric ester groups is 2. The van der Waals surface area contributed by atoms with Gasteiger partial charge in [0.2, 0.25) is 0 Å². The molecule has 0 heterocycles. The predicted molar refractivity (Wildman–Crippen MR) is 409 cm³/mol. The Bertz CT molecular complexity index is 1920. The summed E-state index contributed by atoms with van der Waals surface area (Å²) in [5, 5.41) is 10.6. The van der Waals surface area contributed by atoms with Crippen LogP contribution < -0.4 is 0 Å². The molecule has 100 heavy (non-hydrogen) atoms. The van der Waals surface area contributed by atoms with Crippen LogP contribution in [0.1, 0.15) is 427 Å². The quantitative estimate of drug-likeness (QED) is 0.0222. The Balaban J connectivity index is 5.24. The number of carbonyl (C=O) groups is 4. The molecule has 0 aromatic rings. The molecule has 0 spiro atoms. The second-order valence-corrected chi connectivity index (χ2v) is 33.0. The van der Waals surface area contributed by atoms with Gasteiger partial charge in [-0.15, -0.1) is 0 Å². The van der Waals surface area contributed by atoms with Crippen molar-refractivity contribution in [2.75, 3.05) is 39.6 Å². The second kappa shape index (κ2) is 72.6. The van der Waals surface area contributed by atoms with Gasteiger partial charge in [0.1, 0.15) is 19.3 Å². The average molecular weight is 1470 g/mol. The minimum absolute atomic E-state index is 0.108. The zero-order chi connectivity index (χ0) is 73.5. The van der Waals surface area contributed by atoms with E-state index in [2.05, 4.69) is 41.5 Å². The number of hydrogen-bond donors (Lipinski definition) is 3. The van der Waals surface area contributed by atoms with Crippen LogP contribution in [0.2, 0.25) is 0 Å². The number of ether oxygens (including phenoxy) is 4. The van der Waals surface area contributed by atoms with E-state index in [1.54, 1.807) is 0 Å². The highest BCUT2D eigenvalue weighted by Gasteiger charge is 2.30. The van der Waals surface area contributed by atoms with E-state index < -0.39 is 97.5 Å². The molecule has 3 N–H and O–H groups in total. The van der Waals surface area contributed by atoms with Crippen LogP contribution in [0.15, 0.2) is 0 Å². The largest absolute Gasteiger partial charge is 0.472 e. The molecule has 0 aliphatic heterocycles. The first-order valence-electron chi connectivity index (χ1n) is 42.0. The van der Waals surface area contributed by atoms with Gasteiger partial charge in [0.05, 0.1) is 26.4 Å². The highest BCUT2D eigenvalue weighted by molar-refractivity contribution is 7.47. The van der Waals surface area contributed by atoms with Gasteiger partial charge in [-0.2, -0.15) is 0 Å². The van der Waals surface area contributed by atoms with Crippen molar-refractivity contribution in [1.82, 2.24) is 0 Å². The third kappa shape index (κ3) is 74.3. The first kappa shape index (κ1) is 98.1. The Morgan fingerprint density at radius 3 is 0.680 bits per heavy atom. The van der Waals surface area contributed by atoms with Crippen molar-refractivity contribution in [1.29, 1.82) is 0 Å². The zero-order valence-corrected chi connectivity index (χ0v) is 67.3. The lowest BCUT2D eigenvalue weighted by Crippen LogP contribution is -2.30. The summed E-state index contributed by atoms with van der Waals surface area (Å²) in [7, 11) is -9.92. The molecule has 0 aliphatic rings. The van der Waals surface area contributed by atoms with Crippen molar-refractivity contribution in [2.45, 2.75) is 445 Å². The molecule has 19 heteroatoms. The zero-order valence-electron chi connectivity index (χ0n) is 65.5. The van der Waals surface area contributed by atoms with Crippen LogP contribution in [-0.2, 0) is 65.4 Å². The molecule has 0 rings (SSSR count). The maximum atomic E-state index is 13.1. The van der Waals surface area contributed by atoms with Gasteiger partial charge in [-0.3, -0.25) is 37.3 Å². The minimum atomic E-state index is -4.96. The molecule has 0 aromatic heterocycles. The molecule has 0 bridgehead atoms. The van der Waals surface area contributed by atoms with Crippen molar-refractivity contribution >= 4 is 39.5 Å². The van der Waals surface area contributed by atoms with Gasteiger partial charge in [0, 0.05) is 25.7 Å². The van der Waals surface area contributed by atoms with Crippen LogP contribution in [0, 0.1) is 11.8 Å². The Hall–Kier alpha value is -1.94. The van der Waals surface area contributed by atoms with Gasteiger partial charge in [-0.25, -0.2) is 9.13 Å². The van der Waals surface area contributed by atoms with Gasteiger partial charge in [0.15, 0.2) is 12.2 Å². The maximum Gasteiger partial charge on any atom is 0.472 e. The molecule has 0 fully saturated rings. The van der Waals surface area contributed by atoms with E-state index in [0.29, 0.717) is 31.6 Å². The number of aliphatic hydroxyl groups is 1. The van der Waals surface area contributed by atoms with E-state index in [4.69, 9.17) is 37.0 Å². The maximum absolute atomic E-state index is 13.1. The summed E-state index contributed by atoms with van der Waals surface area (Å²) in [6, 6.07) is 0. The molecule has 0 amide bonds. The number of unbranched alkanes of at least 4 members (excludes halogenated alkanes) is 50. The normalized spacial score (nSPS) is 13.9. The molecule has 17 nitrogen and oxygen atoms in total. The van der Waals surface area contributed by atoms with E-state index in [9.17, 15) is 43.2 Å². The summed E-state index contributed by atoms with van der Waals surface area (Å²) < 4.78 is 68.7. The highest BCUT2D eigenvalue weighted by Crippen LogP contribution is 2.45. The molecular formula is C81H158O17P2. The monoisotopic (exact) mass is 1470 g/mol. The van der Waals surface area contributed by atoms with Crippen LogP contribution >= 0.6 is 15.6 Å². The van der Waals surface area contributed by atoms with E-state index in [1.165, 1.54) is 238 Å². The van der Waals surface area contributed by atoms with E-state index in [-0.39, 0.29) is 25.7 Å². The standard InChI is InChI=1S/C81H158O17P2/c1-7-9-11-13-15-17-19-21-23-28-31-35-39-45-51-57-63-78(83)91-69-76(97-80(85)66-60-54-47-41-37-33-29-25-24-27-30-34-38-43-49-55-61-73(3)4)71-95-99(87,88)93-67-75(82)68-94-100(89,90)96-72-77(70-92-79(84)64-58-52-48-42-44-50-56-62-74(5)6)98-81(86)65-59-53-46-40-36-32-26-22-20-18-16-14-12-10-8-2/h73-77,82H,7-72H2,1-6H3,(H,87,88)(H,89,90)/t75-,76-,77-/m1/s1. The van der Waals surface area contributed by atoms with E-state index >= 15 is 0 Å². The van der Waals surface area contributed by atoms with Crippen molar-refractivity contribution in [3.05, 3.63) is 0 Å². The minimum Gasteiger partial charge on any atom is -0.462 e. The third-order valence-electron chi connectivity index (χ3n) is 19.0. The summed E-state index contributed by atoms with van der Waals surface area (Å²) in [5.41, 5.74) is 0. The van der Waals surface area contributed by atoms with Gasteiger partial charge >= 0.3 is 39.5 Å². The van der Waals surface area contributed by atoms with Crippen LogP contribution in [0.4, 0.5) is 0 Å². The lowest BCUT2D eigenvalue weighted by atomic mass is 10.0. The van der Waals surface area contributed by atoms with Crippen LogP contribution in [0.25, 0.3) is 0 Å². The molecule has 5 atom stereocenters. The average Bonchev–Trinajstić information content (AvgIpc) is 1.11. The Morgan fingerprint density at radius 2 is 0.460 bits per heavy atom. The van der Waals surface area contributed by atoms with Crippen LogP contribution in [0.3, 0.4) is 0 Å². The molecule has 0 saturated heterocycles. The smallest absolute Gasteiger partial charge is 0.462 e. The number of carbonyl (C=O) groups excluding carboxylic acids is 4. The summed E-state index contributed by atoms with van der Waals surface area (Å²) in [4.78, 5) is 73.0. The fourth-order valence-corrected chi connectivity index (χ4v) is 14.1. The summed E-state index contributed by atoms with van der Waals surface area (Å²) in [5.74, 6) is -0.593. The SMILES string of the molecule is CCCCCCCCCCCCCCCCCCC(=O)OC[C@H](COP(=O)(O)OC[C@@H](O)COP(=O)(O)OC[C@@H](COC(=O)CCCCCCCCCC(C)C)OC(=O)CCCCCCCCCCCCCCCCC)OC(=O)CCCCCCCCCCCCCCCCCCC(C)C. The first-order chi connectivity index (χ1) is 48.4. The Morgan fingerprint density at radius 1 is 0.270 bits per heavy atom. The van der Waals surface area contributed by atoms with Gasteiger partial charge in [-0.1, -0.05) is 375 Å². The molecule has 0 saturated carbocycles. The van der Waals surface area contributed by atoms with Crippen molar-refractivity contribution < 1.29 is 80.2 Å². The summed E-state index contributed by atoms with van der Waals surface area (Å²) >= 11 is 0. The van der Waals surface area contributed by atoms with Crippen molar-refractivity contribution in [3.63, 3.8) is 0 Å². The topological polar surface area (TPSA) is 237 Å². The number of esters is 4. The second-order valence-electron chi connectivity index (χ2n) is 30.1. The number of rotatable bonds is 80. The highest BCUT2D eigenvalue weighted by atomic mass is 31.2. The summed E-state index contributed by atoms with van der Waals surface area (Å²) in [6.07, 6.45) is 62.5. The third-order valence-corrected chi connectivity index (χ3v) is 20.9. The molecule has 0 aromatic carbocycles. The fourth-order valence-electron chi connectivity index (χ4n) is 12.5. The van der Waals surface area contributed by atoms with Crippen molar-refractivity contribution in [3.8, 4) is 0 Å². The van der Waals surface area contributed by atoms with Crippen LogP contribution in [0.5, 0.6) is 0 Å². The predicted octanol–water partition coefficient (Wildman–Crippen LogP) is 24.3. The first-order valence-corrected chi connectivity index (χ1v) is 45.0. The Kier molecular flexibility index (Phi) is 71.2. The lowest BCUT2D eigenvalue weighted by Gasteiger charge is -2.21. The van der Waals surface area contributed by atoms with E-state index in [0.717, 1.165) is 102 Å². The summed E-state index contributed by atoms with van der Waals surface area (Å²) in [6.45, 7) is 9.62. The lowest BCUT2D eigenvalue weighted by molar-refractivity contribution is -0.161. The van der Waals surface area contributed by atoms with Crippen molar-refractivity contribution in [2.24, 2.45) is 11.8 Å². The van der Waals surface area contributed by atoms with Gasteiger partial charge in [-0.05, 0) is 37.5 Å². The molecule has 0 radical (unpaired) electrons. The molecule has 2 unspecified atom stereocenters. The molecule has 0 aliphatic carbocycles. The molecular weight excluding hydrogens is 1310 g/mol. The number of phosphoric acid groups is 2. The molecule has 594 valence electrons. The van der Waals surface area contributed by atoms with Gasteiger partial charge in [0.25, 0.3) is 0 Å². The fraction of sp³-hybridized carbons (Fsp3) is 0.951. The Labute approximate surface area is 613 Å². The van der Waals surface area contributed by atoms with E-state index in [1.807, 2.05) is 0 Å². The van der Waals surface area contributed by atoms with Crippen LogP contribution in [-0.4, -0.2) is 96.7 Å². The number of hydrogen-bond acceptors (Lipinski definition) is 15. The van der Waals surface area contributed by atoms with Gasteiger partial charge < -0.3 is 33.8 Å².